The van der Waals surface area contributed by atoms with Crippen LogP contribution in [0.4, 0.5) is 4.79 Å². The maximum atomic E-state index is 12.7. The van der Waals surface area contributed by atoms with Crippen LogP contribution in [0.3, 0.4) is 0 Å². The fourth-order valence-corrected chi connectivity index (χ4v) is 7.42. The lowest BCUT2D eigenvalue weighted by Gasteiger charge is -2.15. The van der Waals surface area contributed by atoms with Gasteiger partial charge in [0.2, 0.25) is 0 Å². The largest absolute Gasteiger partial charge is 0.444 e. The summed E-state index contributed by atoms with van der Waals surface area (Å²) in [6, 6.07) is 15.5. The number of carbonyl (C=O) groups excluding carboxylic acids is 1. The molecule has 0 spiro atoms. The first-order chi connectivity index (χ1) is 15.0. The summed E-state index contributed by atoms with van der Waals surface area (Å²) >= 11 is 0. The minimum absolute atomic E-state index is 0.0903. The van der Waals surface area contributed by atoms with Crippen molar-refractivity contribution in [2.24, 2.45) is 0 Å². The molecule has 0 bridgehead atoms. The summed E-state index contributed by atoms with van der Waals surface area (Å²) in [5, 5.41) is 7.48. The first-order valence-electron chi connectivity index (χ1n) is 10.4. The summed E-state index contributed by atoms with van der Waals surface area (Å²) in [6.07, 6.45) is 1.38. The number of nitrogens with one attached hydrogen (secondary N) is 1. The second kappa shape index (κ2) is 9.70. The molecule has 170 valence electrons. The molecule has 7 nitrogen and oxygen atoms in total. The monoisotopic (exact) mass is 471 g/mol. The molecule has 0 atom stereocenters. The van der Waals surface area contributed by atoms with Crippen molar-refractivity contribution in [2.45, 2.75) is 38.7 Å². The number of nitrogens with zero attached hydrogens (tertiary/aromatic N) is 2. The molecule has 0 aliphatic carbocycles. The highest BCUT2D eigenvalue weighted by molar-refractivity contribution is 7.90. The van der Waals surface area contributed by atoms with Gasteiger partial charge in [0.05, 0.1) is 17.5 Å². The fraction of sp³-hybridized carbons (Fsp3) is 0.304. The number of fused-ring (bicyclic) bond motifs is 1. The summed E-state index contributed by atoms with van der Waals surface area (Å²) in [6.45, 7) is 10.5. The molecule has 0 aliphatic rings. The number of amides is 1. The molecule has 2 aromatic carbocycles. The van der Waals surface area contributed by atoms with E-state index in [0.29, 0.717) is 23.7 Å². The predicted octanol–water partition coefficient (Wildman–Crippen LogP) is 4.54. The Morgan fingerprint density at radius 3 is 2.53 bits per heavy atom. The van der Waals surface area contributed by atoms with Gasteiger partial charge in [0, 0.05) is 25.6 Å². The molecule has 9 heteroatoms. The molecular weight excluding hydrogens is 442 g/mol. The zero-order chi connectivity index (χ0) is 23.4. The number of aromatic nitrogens is 2. The molecule has 32 heavy (non-hydrogen) atoms. The third-order valence-electron chi connectivity index (χ3n) is 4.88. The summed E-state index contributed by atoms with van der Waals surface area (Å²) < 4.78 is 31.8. The van der Waals surface area contributed by atoms with Crippen LogP contribution < -0.4 is 5.32 Å². The van der Waals surface area contributed by atoms with Crippen molar-refractivity contribution in [3.63, 3.8) is 0 Å². The van der Waals surface area contributed by atoms with Gasteiger partial charge < -0.3 is 4.74 Å². The Labute approximate surface area is 190 Å². The summed E-state index contributed by atoms with van der Waals surface area (Å²) in [5.41, 5.74) is 2.81. The van der Waals surface area contributed by atoms with Gasteiger partial charge in [-0.3, -0.25) is 5.32 Å². The zero-order valence-electron chi connectivity index (χ0n) is 18.7. The maximum absolute atomic E-state index is 12.7. The Kier molecular flexibility index (Phi) is 7.20. The lowest BCUT2D eigenvalue weighted by atomic mass is 10.1. The quantitative estimate of drug-likeness (QED) is 0.463. The van der Waals surface area contributed by atoms with Gasteiger partial charge >= 0.3 is 6.09 Å². The van der Waals surface area contributed by atoms with E-state index in [4.69, 9.17) is 4.74 Å². The van der Waals surface area contributed by atoms with Crippen LogP contribution in [0, 0.1) is 0 Å². The van der Waals surface area contributed by atoms with Crippen LogP contribution in [0.2, 0.25) is 25.7 Å². The summed E-state index contributed by atoms with van der Waals surface area (Å²) in [7, 11) is -5.00. The van der Waals surface area contributed by atoms with Crippen LogP contribution in [0.15, 0.2) is 67.0 Å². The standard InChI is InChI=1S/C23H29N3O4SSi/c1-18(25-23(27)30-17-19-8-6-5-7-9-19)14-20-10-11-22-21(15-20)16-24-26(22)31(28,29)12-13-32(2,3)4/h5-11,15-16H,1,12-14,17H2,2-4H3,(H,25,27). The lowest BCUT2D eigenvalue weighted by molar-refractivity contribution is 0.142. The first-order valence-corrected chi connectivity index (χ1v) is 15.7. The topological polar surface area (TPSA) is 90.3 Å². The average Bonchev–Trinajstić information content (AvgIpc) is 3.15. The number of rotatable bonds is 9. The Morgan fingerprint density at radius 2 is 1.84 bits per heavy atom. The second-order valence-corrected chi connectivity index (χ2v) is 16.5. The molecule has 3 rings (SSSR count). The Balaban J connectivity index is 1.61. The number of hydrogen-bond acceptors (Lipinski definition) is 5. The van der Waals surface area contributed by atoms with Crippen molar-refractivity contribution in [3.05, 3.63) is 78.1 Å². The molecule has 0 saturated carbocycles. The highest BCUT2D eigenvalue weighted by Crippen LogP contribution is 2.20. The van der Waals surface area contributed by atoms with Gasteiger partial charge in [-0.25, -0.2) is 13.2 Å². The third-order valence-corrected chi connectivity index (χ3v) is 8.53. The van der Waals surface area contributed by atoms with E-state index < -0.39 is 24.2 Å². The van der Waals surface area contributed by atoms with Gasteiger partial charge in [-0.05, 0) is 29.3 Å². The van der Waals surface area contributed by atoms with Crippen LogP contribution in [-0.2, 0) is 27.8 Å². The van der Waals surface area contributed by atoms with Crippen LogP contribution in [0.1, 0.15) is 11.1 Å². The summed E-state index contributed by atoms with van der Waals surface area (Å²) in [5.74, 6) is 0.0903. The normalized spacial score (nSPS) is 12.0. The fourth-order valence-electron chi connectivity index (χ4n) is 3.11. The lowest BCUT2D eigenvalue weighted by Crippen LogP contribution is -2.27. The van der Waals surface area contributed by atoms with Gasteiger partial charge in [0.25, 0.3) is 10.0 Å². The van der Waals surface area contributed by atoms with Gasteiger partial charge in [-0.1, -0.05) is 62.6 Å². The maximum Gasteiger partial charge on any atom is 0.411 e. The first kappa shape index (κ1) is 23.7. The number of benzene rings is 2. The molecule has 1 amide bonds. The van der Waals surface area contributed by atoms with Gasteiger partial charge in [0.15, 0.2) is 0 Å². The van der Waals surface area contributed by atoms with E-state index in [1.807, 2.05) is 42.5 Å². The van der Waals surface area contributed by atoms with E-state index in [0.717, 1.165) is 20.6 Å². The highest BCUT2D eigenvalue weighted by Gasteiger charge is 2.22. The van der Waals surface area contributed by atoms with Gasteiger partial charge in [-0.15, -0.1) is 0 Å². The van der Waals surface area contributed by atoms with Crippen LogP contribution in [0.25, 0.3) is 10.9 Å². The van der Waals surface area contributed by atoms with Gasteiger partial charge in [0.1, 0.15) is 6.61 Å². The molecule has 3 aromatic rings. The van der Waals surface area contributed by atoms with E-state index in [9.17, 15) is 13.2 Å². The molecule has 1 aromatic heterocycles. The van der Waals surface area contributed by atoms with Crippen molar-refractivity contribution in [1.29, 1.82) is 0 Å². The smallest absolute Gasteiger partial charge is 0.411 e. The molecular formula is C23H29N3O4SSi. The average molecular weight is 472 g/mol. The molecule has 1 heterocycles. The molecule has 0 unspecified atom stereocenters. The van der Waals surface area contributed by atoms with Crippen molar-refractivity contribution in [1.82, 2.24) is 14.5 Å². The third kappa shape index (κ3) is 6.54. The van der Waals surface area contributed by atoms with Crippen LogP contribution >= 0.6 is 0 Å². The van der Waals surface area contributed by atoms with E-state index >= 15 is 0 Å². The van der Waals surface area contributed by atoms with Crippen molar-refractivity contribution in [3.8, 4) is 0 Å². The molecule has 0 aliphatic heterocycles. The predicted molar refractivity (Wildman–Crippen MR) is 130 cm³/mol. The number of carbonyl (C=O) groups is 1. The van der Waals surface area contributed by atoms with Crippen molar-refractivity contribution >= 4 is 35.1 Å². The van der Waals surface area contributed by atoms with Crippen molar-refractivity contribution < 1.29 is 17.9 Å². The Hall–Kier alpha value is -2.91. The Morgan fingerprint density at radius 1 is 1.12 bits per heavy atom. The van der Waals surface area contributed by atoms with Crippen molar-refractivity contribution in [2.75, 3.05) is 5.75 Å². The number of hydrogen-bond donors (Lipinski definition) is 1. The molecule has 1 N–H and O–H groups in total. The zero-order valence-corrected chi connectivity index (χ0v) is 20.5. The van der Waals surface area contributed by atoms with E-state index in [1.165, 1.54) is 0 Å². The molecule has 0 fully saturated rings. The minimum atomic E-state index is -3.51. The highest BCUT2D eigenvalue weighted by atomic mass is 32.2. The summed E-state index contributed by atoms with van der Waals surface area (Å²) in [4.78, 5) is 12.0. The minimum Gasteiger partial charge on any atom is -0.444 e. The van der Waals surface area contributed by atoms with Crippen LogP contribution in [-0.4, -0.2) is 37.5 Å². The second-order valence-electron chi connectivity index (χ2n) is 8.97. The molecule has 0 radical (unpaired) electrons. The van der Waals surface area contributed by atoms with E-state index in [2.05, 4.69) is 36.6 Å². The number of allylic oxidation sites excluding steroid dienone is 1. The number of alkyl carbamates (subject to hydrolysis) is 1. The van der Waals surface area contributed by atoms with E-state index in [-0.39, 0.29) is 12.4 Å². The Bertz CT molecular complexity index is 1220. The SMILES string of the molecule is C=C(Cc1ccc2c(cnn2S(=O)(=O)CC[Si](C)(C)C)c1)NC(=O)OCc1ccccc1. The van der Waals surface area contributed by atoms with Crippen LogP contribution in [0.5, 0.6) is 0 Å². The van der Waals surface area contributed by atoms with Gasteiger partial charge in [-0.2, -0.15) is 9.19 Å². The van der Waals surface area contributed by atoms with E-state index in [1.54, 1.807) is 12.3 Å². The number of ether oxygens (including phenoxy) is 1. The molecule has 0 saturated heterocycles.